The summed E-state index contributed by atoms with van der Waals surface area (Å²) in [5.74, 6) is 0. The first-order valence-electron chi connectivity index (χ1n) is 5.72. The summed E-state index contributed by atoms with van der Waals surface area (Å²) in [5, 5.41) is 0. The van der Waals surface area contributed by atoms with Crippen LogP contribution in [0.25, 0.3) is 0 Å². The smallest absolute Gasteiger partial charge is 0.0658 e. The van der Waals surface area contributed by atoms with E-state index in [1.165, 1.54) is 25.1 Å². The second kappa shape index (κ2) is 4.77. The summed E-state index contributed by atoms with van der Waals surface area (Å²) < 4.78 is 0. The standard InChI is InChI=1S/C13H20N2/c1-14-9-6-10-15(2)13(14)11-12-7-4-3-5-8-12/h3-5,7-8,13H,6,9-11H2,1-2H3. The molecule has 0 saturated carbocycles. The van der Waals surface area contributed by atoms with Gasteiger partial charge in [0, 0.05) is 19.5 Å². The third-order valence-electron chi connectivity index (χ3n) is 3.30. The van der Waals surface area contributed by atoms with Crippen molar-refractivity contribution in [1.29, 1.82) is 0 Å². The average molecular weight is 204 g/mol. The lowest BCUT2D eigenvalue weighted by Crippen LogP contribution is -2.51. The molecular weight excluding hydrogens is 184 g/mol. The van der Waals surface area contributed by atoms with Gasteiger partial charge in [0.2, 0.25) is 0 Å². The lowest BCUT2D eigenvalue weighted by Gasteiger charge is -2.40. The van der Waals surface area contributed by atoms with E-state index in [1.807, 2.05) is 0 Å². The molecule has 0 bridgehead atoms. The minimum atomic E-state index is 0.571. The number of likely N-dealkylation sites (N-methyl/N-ethyl adjacent to an activating group) is 2. The molecule has 0 aliphatic carbocycles. The molecule has 1 heterocycles. The predicted molar refractivity (Wildman–Crippen MR) is 63.8 cm³/mol. The molecule has 2 heteroatoms. The molecule has 0 radical (unpaired) electrons. The highest BCUT2D eigenvalue weighted by atomic mass is 15.3. The maximum Gasteiger partial charge on any atom is 0.0658 e. The van der Waals surface area contributed by atoms with Crippen LogP contribution in [0.5, 0.6) is 0 Å². The normalized spacial score (nSPS) is 20.7. The van der Waals surface area contributed by atoms with Crippen molar-refractivity contribution in [1.82, 2.24) is 9.80 Å². The van der Waals surface area contributed by atoms with Crippen molar-refractivity contribution in [2.45, 2.75) is 19.0 Å². The first-order valence-corrected chi connectivity index (χ1v) is 5.72. The van der Waals surface area contributed by atoms with Crippen LogP contribution in [-0.2, 0) is 6.42 Å². The summed E-state index contributed by atoms with van der Waals surface area (Å²) in [4.78, 5) is 4.91. The average Bonchev–Trinajstić information content (AvgIpc) is 2.25. The topological polar surface area (TPSA) is 6.48 Å². The van der Waals surface area contributed by atoms with E-state index in [9.17, 15) is 0 Å². The Labute approximate surface area is 92.5 Å². The fourth-order valence-corrected chi connectivity index (χ4v) is 2.34. The Morgan fingerprint density at radius 1 is 1.07 bits per heavy atom. The highest BCUT2D eigenvalue weighted by Crippen LogP contribution is 2.15. The Hall–Kier alpha value is -0.860. The van der Waals surface area contributed by atoms with E-state index < -0.39 is 0 Å². The van der Waals surface area contributed by atoms with Crippen molar-refractivity contribution in [3.63, 3.8) is 0 Å². The first kappa shape index (κ1) is 10.7. The number of nitrogens with zero attached hydrogens (tertiary/aromatic N) is 2. The fourth-order valence-electron chi connectivity index (χ4n) is 2.34. The van der Waals surface area contributed by atoms with Gasteiger partial charge in [-0.05, 0) is 26.1 Å². The van der Waals surface area contributed by atoms with Gasteiger partial charge in [-0.1, -0.05) is 30.3 Å². The number of hydrogen-bond acceptors (Lipinski definition) is 2. The van der Waals surface area contributed by atoms with Crippen molar-refractivity contribution >= 4 is 0 Å². The zero-order valence-electron chi connectivity index (χ0n) is 9.69. The monoisotopic (exact) mass is 204 g/mol. The molecule has 0 atom stereocenters. The van der Waals surface area contributed by atoms with E-state index >= 15 is 0 Å². The lowest BCUT2D eigenvalue weighted by atomic mass is 10.1. The zero-order valence-corrected chi connectivity index (χ0v) is 9.69. The highest BCUT2D eigenvalue weighted by molar-refractivity contribution is 5.15. The molecule has 0 spiro atoms. The maximum atomic E-state index is 2.45. The van der Waals surface area contributed by atoms with Gasteiger partial charge in [-0.3, -0.25) is 9.80 Å². The van der Waals surface area contributed by atoms with Gasteiger partial charge >= 0.3 is 0 Å². The summed E-state index contributed by atoms with van der Waals surface area (Å²) >= 11 is 0. The van der Waals surface area contributed by atoms with Gasteiger partial charge in [-0.25, -0.2) is 0 Å². The molecule has 15 heavy (non-hydrogen) atoms. The minimum absolute atomic E-state index is 0.571. The molecule has 1 saturated heterocycles. The molecule has 2 rings (SSSR count). The van der Waals surface area contributed by atoms with Gasteiger partial charge in [0.1, 0.15) is 0 Å². The van der Waals surface area contributed by atoms with E-state index in [1.54, 1.807) is 0 Å². The lowest BCUT2D eigenvalue weighted by molar-refractivity contribution is 0.0428. The molecule has 1 fully saturated rings. The van der Waals surface area contributed by atoms with E-state index in [-0.39, 0.29) is 0 Å². The maximum absolute atomic E-state index is 2.45. The van der Waals surface area contributed by atoms with Crippen LogP contribution in [0.2, 0.25) is 0 Å². The van der Waals surface area contributed by atoms with E-state index in [0.29, 0.717) is 6.17 Å². The van der Waals surface area contributed by atoms with Gasteiger partial charge in [-0.15, -0.1) is 0 Å². The van der Waals surface area contributed by atoms with E-state index in [0.717, 1.165) is 6.42 Å². The van der Waals surface area contributed by atoms with Crippen molar-refractivity contribution in [3.05, 3.63) is 35.9 Å². The van der Waals surface area contributed by atoms with Crippen molar-refractivity contribution < 1.29 is 0 Å². The Balaban J connectivity index is 2.03. The van der Waals surface area contributed by atoms with E-state index in [4.69, 9.17) is 0 Å². The van der Waals surface area contributed by atoms with Gasteiger partial charge < -0.3 is 0 Å². The van der Waals surface area contributed by atoms with Crippen molar-refractivity contribution in [2.75, 3.05) is 27.2 Å². The summed E-state index contributed by atoms with van der Waals surface area (Å²) in [6, 6.07) is 10.8. The van der Waals surface area contributed by atoms with Crippen LogP contribution < -0.4 is 0 Å². The molecule has 0 aromatic heterocycles. The Kier molecular flexibility index (Phi) is 3.39. The Bertz CT molecular complexity index is 287. The fraction of sp³-hybridized carbons (Fsp3) is 0.538. The second-order valence-electron chi connectivity index (χ2n) is 4.49. The molecule has 0 unspecified atom stereocenters. The van der Waals surface area contributed by atoms with Crippen molar-refractivity contribution in [3.8, 4) is 0 Å². The molecule has 1 aromatic carbocycles. The number of hydrogen-bond donors (Lipinski definition) is 0. The molecule has 2 nitrogen and oxygen atoms in total. The largest absolute Gasteiger partial charge is 0.291 e. The molecule has 0 N–H and O–H groups in total. The summed E-state index contributed by atoms with van der Waals surface area (Å²) in [6.07, 6.45) is 2.99. The van der Waals surface area contributed by atoms with Gasteiger partial charge in [0.25, 0.3) is 0 Å². The molecule has 82 valence electrons. The quantitative estimate of drug-likeness (QED) is 0.725. The van der Waals surface area contributed by atoms with Gasteiger partial charge in [-0.2, -0.15) is 0 Å². The summed E-state index contributed by atoms with van der Waals surface area (Å²) in [7, 11) is 4.45. The number of benzene rings is 1. The van der Waals surface area contributed by atoms with Crippen LogP contribution in [0.15, 0.2) is 30.3 Å². The first-order chi connectivity index (χ1) is 7.27. The van der Waals surface area contributed by atoms with Crippen LogP contribution in [0.1, 0.15) is 12.0 Å². The zero-order chi connectivity index (χ0) is 10.7. The Morgan fingerprint density at radius 3 is 2.27 bits per heavy atom. The van der Waals surface area contributed by atoms with Crippen LogP contribution >= 0.6 is 0 Å². The molecular formula is C13H20N2. The molecule has 1 aromatic rings. The van der Waals surface area contributed by atoms with E-state index in [2.05, 4.69) is 54.2 Å². The van der Waals surface area contributed by atoms with Gasteiger partial charge in [0.05, 0.1) is 6.17 Å². The minimum Gasteiger partial charge on any atom is -0.291 e. The third kappa shape index (κ3) is 2.58. The third-order valence-corrected chi connectivity index (χ3v) is 3.30. The van der Waals surface area contributed by atoms with Crippen LogP contribution in [0, 0.1) is 0 Å². The van der Waals surface area contributed by atoms with Crippen molar-refractivity contribution in [2.24, 2.45) is 0 Å². The van der Waals surface area contributed by atoms with Gasteiger partial charge in [0.15, 0.2) is 0 Å². The highest BCUT2D eigenvalue weighted by Gasteiger charge is 2.23. The summed E-state index contributed by atoms with van der Waals surface area (Å²) in [6.45, 7) is 2.45. The van der Waals surface area contributed by atoms with Crippen LogP contribution in [0.4, 0.5) is 0 Å². The Morgan fingerprint density at radius 2 is 1.67 bits per heavy atom. The van der Waals surface area contributed by atoms with Crippen LogP contribution in [-0.4, -0.2) is 43.2 Å². The predicted octanol–water partition coefficient (Wildman–Crippen LogP) is 1.82. The molecule has 0 amide bonds. The van der Waals surface area contributed by atoms with Crippen LogP contribution in [0.3, 0.4) is 0 Å². The summed E-state index contributed by atoms with van der Waals surface area (Å²) in [5.41, 5.74) is 1.43. The molecule has 1 aliphatic rings. The molecule has 1 aliphatic heterocycles. The number of rotatable bonds is 2. The second-order valence-corrected chi connectivity index (χ2v) is 4.49. The SMILES string of the molecule is CN1CCCN(C)C1Cc1ccccc1.